The number of carbonyl (C=O) groups excluding carboxylic acids is 1. The van der Waals surface area contributed by atoms with Crippen LogP contribution in [0.2, 0.25) is 0 Å². The lowest BCUT2D eigenvalue weighted by molar-refractivity contribution is 0.101. The third kappa shape index (κ3) is 4.35. The first-order valence-electron chi connectivity index (χ1n) is 9.60. The zero-order chi connectivity index (χ0) is 21.9. The fourth-order valence-corrected chi connectivity index (χ4v) is 3.27. The van der Waals surface area contributed by atoms with Crippen molar-refractivity contribution < 1.29 is 14.6 Å². The molecule has 0 saturated heterocycles. The maximum Gasteiger partial charge on any atom is 0.231 e. The Morgan fingerprint density at radius 1 is 1.07 bits per heavy atom. The largest absolute Gasteiger partial charge is 0.507 e. The lowest BCUT2D eigenvalue weighted by Gasteiger charge is -2.18. The summed E-state index contributed by atoms with van der Waals surface area (Å²) in [4.78, 5) is 14.4. The third-order valence-electron chi connectivity index (χ3n) is 4.96. The maximum absolute atomic E-state index is 12.8. The minimum absolute atomic E-state index is 0.0213. The number of nitriles is 2. The summed E-state index contributed by atoms with van der Waals surface area (Å²) in [6.07, 6.45) is 1.68. The van der Waals surface area contributed by atoms with Gasteiger partial charge in [0.1, 0.15) is 11.5 Å². The van der Waals surface area contributed by atoms with Crippen LogP contribution in [0.4, 0.5) is 0 Å². The second-order valence-corrected chi connectivity index (χ2v) is 8.21. The Hall–Kier alpha value is -3.61. The van der Waals surface area contributed by atoms with Gasteiger partial charge in [-0.15, -0.1) is 0 Å². The van der Waals surface area contributed by atoms with Gasteiger partial charge in [0.2, 0.25) is 5.78 Å². The maximum atomic E-state index is 12.8. The summed E-state index contributed by atoms with van der Waals surface area (Å²) in [5.74, 6) is 0.141. The van der Waals surface area contributed by atoms with Crippen LogP contribution in [0.15, 0.2) is 42.2 Å². The fourth-order valence-electron chi connectivity index (χ4n) is 3.27. The molecule has 0 unspecified atom stereocenters. The Balaban J connectivity index is 1.92. The van der Waals surface area contributed by atoms with Crippen LogP contribution >= 0.6 is 0 Å². The number of ether oxygens (including phenoxy) is 1. The van der Waals surface area contributed by atoms with Crippen LogP contribution in [0.25, 0.3) is 6.08 Å². The van der Waals surface area contributed by atoms with Gasteiger partial charge < -0.3 is 9.84 Å². The first-order chi connectivity index (χ1) is 14.2. The molecule has 0 amide bonds. The molecule has 1 aliphatic rings. The van der Waals surface area contributed by atoms with Crippen molar-refractivity contribution in [2.45, 2.75) is 32.7 Å². The monoisotopic (exact) mass is 401 g/mol. The number of allylic oxidation sites excluding steroid dienone is 1. The van der Waals surface area contributed by atoms with Gasteiger partial charge in [-0.05, 0) is 34.8 Å². The molecule has 0 aliphatic carbocycles. The van der Waals surface area contributed by atoms with E-state index in [4.69, 9.17) is 15.3 Å². The third-order valence-corrected chi connectivity index (χ3v) is 4.96. The number of rotatable bonds is 5. The van der Waals surface area contributed by atoms with Crippen LogP contribution in [-0.4, -0.2) is 28.9 Å². The summed E-state index contributed by atoms with van der Waals surface area (Å²) in [7, 11) is 0. The molecule has 0 spiro atoms. The average molecular weight is 401 g/mol. The molecule has 30 heavy (non-hydrogen) atoms. The van der Waals surface area contributed by atoms with E-state index < -0.39 is 0 Å². The topological polar surface area (TPSA) is 97.3 Å². The zero-order valence-electron chi connectivity index (χ0n) is 17.3. The first kappa shape index (κ1) is 21.1. The number of ketones is 1. The number of aromatic hydroxyl groups is 1. The molecular formula is C24H23N3O3. The minimum atomic E-state index is -0.265. The number of hydrogen-bond donors (Lipinski definition) is 1. The summed E-state index contributed by atoms with van der Waals surface area (Å²) in [5, 5.41) is 28.3. The van der Waals surface area contributed by atoms with E-state index in [2.05, 4.69) is 20.8 Å². The van der Waals surface area contributed by atoms with Crippen LogP contribution in [0.3, 0.4) is 0 Å². The van der Waals surface area contributed by atoms with Crippen LogP contribution in [-0.2, 0) is 12.0 Å². The Morgan fingerprint density at radius 3 is 2.27 bits per heavy atom. The number of phenolic OH excluding ortho intramolecular Hbond substituents is 1. The molecule has 0 aromatic heterocycles. The van der Waals surface area contributed by atoms with E-state index >= 15 is 0 Å². The molecule has 1 aliphatic heterocycles. The summed E-state index contributed by atoms with van der Waals surface area (Å²) in [6.45, 7) is 6.57. The quantitative estimate of drug-likeness (QED) is 0.597. The molecule has 0 saturated carbocycles. The van der Waals surface area contributed by atoms with E-state index in [-0.39, 0.29) is 48.1 Å². The van der Waals surface area contributed by atoms with Crippen molar-refractivity contribution in [2.24, 2.45) is 0 Å². The predicted molar refractivity (Wildman–Crippen MR) is 113 cm³/mol. The highest BCUT2D eigenvalue weighted by Crippen LogP contribution is 2.40. The smallest absolute Gasteiger partial charge is 0.231 e. The molecular weight excluding hydrogens is 378 g/mol. The van der Waals surface area contributed by atoms with Gasteiger partial charge in [0.25, 0.3) is 0 Å². The number of carbonyl (C=O) groups is 1. The van der Waals surface area contributed by atoms with Crippen LogP contribution in [0.1, 0.15) is 47.8 Å². The number of phenols is 1. The van der Waals surface area contributed by atoms with E-state index in [1.54, 1.807) is 11.0 Å². The molecule has 152 valence electrons. The lowest BCUT2D eigenvalue weighted by Crippen LogP contribution is -2.24. The second-order valence-electron chi connectivity index (χ2n) is 8.21. The SMILES string of the molecule is CC(C)(C)c1ccc(/C=C2\Oc3c(ccc(O)c3CN(CC#N)CC#N)C2=O)cc1. The number of benzene rings is 2. The molecule has 2 aromatic rings. The molecule has 0 radical (unpaired) electrons. The first-order valence-corrected chi connectivity index (χ1v) is 9.60. The Bertz CT molecular complexity index is 1060. The molecule has 0 bridgehead atoms. The van der Waals surface area contributed by atoms with Crippen molar-refractivity contribution >= 4 is 11.9 Å². The molecule has 1 heterocycles. The van der Waals surface area contributed by atoms with E-state index in [0.29, 0.717) is 11.1 Å². The van der Waals surface area contributed by atoms with Gasteiger partial charge in [-0.1, -0.05) is 45.0 Å². The summed E-state index contributed by atoms with van der Waals surface area (Å²) in [6, 6.07) is 14.9. The van der Waals surface area contributed by atoms with Crippen molar-refractivity contribution in [2.75, 3.05) is 13.1 Å². The van der Waals surface area contributed by atoms with Gasteiger partial charge in [-0.25, -0.2) is 0 Å². The Morgan fingerprint density at radius 2 is 1.70 bits per heavy atom. The molecule has 3 rings (SSSR count). The van der Waals surface area contributed by atoms with E-state index in [1.165, 1.54) is 17.7 Å². The van der Waals surface area contributed by atoms with E-state index in [0.717, 1.165) is 5.56 Å². The molecule has 6 heteroatoms. The number of nitrogens with zero attached hydrogens (tertiary/aromatic N) is 3. The van der Waals surface area contributed by atoms with Crippen molar-refractivity contribution in [1.82, 2.24) is 4.90 Å². The van der Waals surface area contributed by atoms with Crippen LogP contribution in [0, 0.1) is 22.7 Å². The highest BCUT2D eigenvalue weighted by molar-refractivity contribution is 6.15. The second kappa shape index (κ2) is 8.41. The number of hydrogen-bond acceptors (Lipinski definition) is 6. The molecule has 0 atom stereocenters. The standard InChI is InChI=1S/C24H23N3O3/c1-24(2,3)17-6-4-16(5-7-17)14-21-22(29)18-8-9-20(28)19(23(18)30-21)15-27(12-10-25)13-11-26/h4-9,14,28H,12-13,15H2,1-3H3/b21-14-. The highest BCUT2D eigenvalue weighted by Gasteiger charge is 2.31. The van der Waals surface area contributed by atoms with Crippen LogP contribution in [0.5, 0.6) is 11.5 Å². The normalized spacial score (nSPS) is 14.3. The Kier molecular flexibility index (Phi) is 5.91. The fraction of sp³-hybridized carbons (Fsp3) is 0.292. The molecule has 1 N–H and O–H groups in total. The number of fused-ring (bicyclic) bond motifs is 1. The van der Waals surface area contributed by atoms with E-state index in [9.17, 15) is 9.90 Å². The lowest BCUT2D eigenvalue weighted by atomic mass is 9.86. The molecule has 6 nitrogen and oxygen atoms in total. The highest BCUT2D eigenvalue weighted by atomic mass is 16.5. The van der Waals surface area contributed by atoms with Gasteiger partial charge in [0.15, 0.2) is 5.76 Å². The number of Topliss-reactive ketones (excluding diaryl/α,β-unsaturated/α-hetero) is 1. The van der Waals surface area contributed by atoms with Gasteiger partial charge in [-0.2, -0.15) is 10.5 Å². The van der Waals surface area contributed by atoms with Gasteiger partial charge in [-0.3, -0.25) is 9.69 Å². The zero-order valence-corrected chi connectivity index (χ0v) is 17.3. The summed E-state index contributed by atoms with van der Waals surface area (Å²) < 4.78 is 5.85. The van der Waals surface area contributed by atoms with Gasteiger partial charge >= 0.3 is 0 Å². The van der Waals surface area contributed by atoms with Gasteiger partial charge in [0, 0.05) is 6.54 Å². The molecule has 2 aromatic carbocycles. The van der Waals surface area contributed by atoms with Crippen molar-refractivity contribution in [3.05, 3.63) is 64.4 Å². The van der Waals surface area contributed by atoms with Gasteiger partial charge in [0.05, 0.1) is 36.4 Å². The van der Waals surface area contributed by atoms with Crippen molar-refractivity contribution in [3.8, 4) is 23.6 Å². The minimum Gasteiger partial charge on any atom is -0.507 e. The molecule has 0 fully saturated rings. The summed E-state index contributed by atoms with van der Waals surface area (Å²) >= 11 is 0. The van der Waals surface area contributed by atoms with Crippen molar-refractivity contribution in [1.29, 1.82) is 10.5 Å². The summed E-state index contributed by atoms with van der Waals surface area (Å²) in [5.41, 5.74) is 2.80. The van der Waals surface area contributed by atoms with Crippen LogP contribution < -0.4 is 4.74 Å². The predicted octanol–water partition coefficient (Wildman–Crippen LogP) is 4.16. The Labute approximate surface area is 176 Å². The van der Waals surface area contributed by atoms with E-state index in [1.807, 2.05) is 36.4 Å². The van der Waals surface area contributed by atoms with Crippen molar-refractivity contribution in [3.63, 3.8) is 0 Å². The average Bonchev–Trinajstić information content (AvgIpc) is 3.00.